The normalized spacial score (nSPS) is 10.7. The van der Waals surface area contributed by atoms with Crippen molar-refractivity contribution in [2.24, 2.45) is 5.92 Å². The van der Waals surface area contributed by atoms with E-state index in [9.17, 15) is 14.7 Å². The van der Waals surface area contributed by atoms with Crippen LogP contribution < -0.4 is 5.69 Å². The predicted molar refractivity (Wildman–Crippen MR) is 121 cm³/mol. The van der Waals surface area contributed by atoms with Crippen LogP contribution in [0.2, 0.25) is 0 Å². The fraction of sp³-hybridized carbons (Fsp3) is 0.320. The van der Waals surface area contributed by atoms with Gasteiger partial charge in [-0.1, -0.05) is 62.2 Å². The number of hydrogen-bond acceptors (Lipinski definition) is 3. The molecule has 0 atom stereocenters. The molecule has 31 heavy (non-hydrogen) atoms. The lowest BCUT2D eigenvalue weighted by atomic mass is 9.99. The molecule has 0 spiro atoms. The lowest BCUT2D eigenvalue weighted by molar-refractivity contribution is 0.0697. The van der Waals surface area contributed by atoms with Crippen LogP contribution in [0.5, 0.6) is 0 Å². The van der Waals surface area contributed by atoms with Crippen LogP contribution in [0.4, 0.5) is 0 Å². The van der Waals surface area contributed by atoms with Crippen molar-refractivity contribution in [3.05, 3.63) is 76.0 Å². The minimum absolute atomic E-state index is 0.131. The summed E-state index contributed by atoms with van der Waals surface area (Å²) in [5, 5.41) is 13.9. The van der Waals surface area contributed by atoms with Gasteiger partial charge in [0.25, 0.3) is 0 Å². The van der Waals surface area contributed by atoms with Gasteiger partial charge in [0.05, 0.1) is 18.5 Å². The van der Waals surface area contributed by atoms with E-state index in [0.29, 0.717) is 36.8 Å². The largest absolute Gasteiger partial charge is 0.478 e. The van der Waals surface area contributed by atoms with E-state index in [1.807, 2.05) is 30.3 Å². The first-order valence-corrected chi connectivity index (χ1v) is 10.4. The highest BCUT2D eigenvalue weighted by atomic mass is 16.4. The number of aromatic carboxylic acids is 1. The van der Waals surface area contributed by atoms with Crippen LogP contribution in [-0.4, -0.2) is 25.4 Å². The van der Waals surface area contributed by atoms with Gasteiger partial charge in [-0.2, -0.15) is 5.10 Å². The summed E-state index contributed by atoms with van der Waals surface area (Å²) in [6.45, 7) is 6.99. The zero-order valence-corrected chi connectivity index (χ0v) is 18.1. The maximum absolute atomic E-state index is 12.9. The van der Waals surface area contributed by atoms with E-state index >= 15 is 0 Å². The van der Waals surface area contributed by atoms with Crippen molar-refractivity contribution in [1.82, 2.24) is 14.3 Å². The Hall–Kier alpha value is -3.59. The maximum atomic E-state index is 12.9. The third kappa shape index (κ3) is 5.32. The average molecular weight is 418 g/mol. The molecule has 0 bridgehead atoms. The van der Waals surface area contributed by atoms with Crippen LogP contribution in [0, 0.1) is 17.8 Å². The van der Waals surface area contributed by atoms with E-state index in [4.69, 9.17) is 0 Å². The summed E-state index contributed by atoms with van der Waals surface area (Å²) in [6, 6.07) is 14.5. The number of benzene rings is 2. The van der Waals surface area contributed by atoms with Crippen LogP contribution in [0.15, 0.2) is 53.3 Å². The lowest BCUT2D eigenvalue weighted by Crippen LogP contribution is -2.26. The molecule has 1 aromatic heterocycles. The van der Waals surface area contributed by atoms with Crippen molar-refractivity contribution in [1.29, 1.82) is 0 Å². The van der Waals surface area contributed by atoms with Crippen LogP contribution in [0.1, 0.15) is 48.9 Å². The Kier molecular flexibility index (Phi) is 7.09. The van der Waals surface area contributed by atoms with Crippen molar-refractivity contribution in [2.45, 2.75) is 46.7 Å². The Morgan fingerprint density at radius 1 is 1.13 bits per heavy atom. The highest BCUT2D eigenvalue weighted by Gasteiger charge is 2.14. The molecule has 0 aliphatic carbocycles. The molecule has 0 unspecified atom stereocenters. The Morgan fingerprint density at radius 2 is 1.84 bits per heavy atom. The van der Waals surface area contributed by atoms with Gasteiger partial charge in [0.1, 0.15) is 5.82 Å². The number of aromatic nitrogens is 3. The standard InChI is InChI=1S/C25H27N3O3/c1-4-5-10-23-26-28(16-15-18(2)3)25(31)27(23)17-19-11-13-20(14-12-19)21-8-6-7-9-22(21)24(29)30/h6-9,11-14,18H,10,15-17H2,1-3H3,(H,29,30). The molecule has 6 nitrogen and oxygen atoms in total. The number of aryl methyl sites for hydroxylation is 1. The van der Waals surface area contributed by atoms with E-state index < -0.39 is 5.97 Å². The topological polar surface area (TPSA) is 77.1 Å². The van der Waals surface area contributed by atoms with Crippen LogP contribution in [0.3, 0.4) is 0 Å². The Balaban J connectivity index is 1.89. The fourth-order valence-electron chi connectivity index (χ4n) is 3.36. The molecule has 1 heterocycles. The Labute approximate surface area is 182 Å². The monoisotopic (exact) mass is 417 g/mol. The second kappa shape index (κ2) is 9.94. The van der Waals surface area contributed by atoms with Gasteiger partial charge in [0, 0.05) is 6.54 Å². The van der Waals surface area contributed by atoms with E-state index in [2.05, 4.69) is 30.8 Å². The summed E-state index contributed by atoms with van der Waals surface area (Å²) in [7, 11) is 0. The van der Waals surface area contributed by atoms with Gasteiger partial charge in [0.2, 0.25) is 0 Å². The molecule has 3 rings (SSSR count). The summed E-state index contributed by atoms with van der Waals surface area (Å²) in [4.78, 5) is 24.4. The molecule has 6 heteroatoms. The molecule has 0 fully saturated rings. The number of carbonyl (C=O) groups is 1. The second-order valence-corrected chi connectivity index (χ2v) is 7.84. The third-order valence-corrected chi connectivity index (χ3v) is 5.10. The van der Waals surface area contributed by atoms with Gasteiger partial charge in [-0.25, -0.2) is 14.3 Å². The number of carboxylic acids is 1. The number of carboxylic acid groups (broad SMARTS) is 1. The summed E-state index contributed by atoms with van der Waals surface area (Å²) < 4.78 is 3.20. The Morgan fingerprint density at radius 3 is 2.48 bits per heavy atom. The molecular formula is C25H27N3O3. The molecule has 0 radical (unpaired) electrons. The van der Waals surface area contributed by atoms with E-state index in [1.165, 1.54) is 4.68 Å². The van der Waals surface area contributed by atoms with Gasteiger partial charge in [-0.3, -0.25) is 4.57 Å². The van der Waals surface area contributed by atoms with E-state index in [-0.39, 0.29) is 11.3 Å². The molecule has 3 aromatic rings. The molecule has 0 saturated carbocycles. The number of hydrogen-bond donors (Lipinski definition) is 1. The van der Waals surface area contributed by atoms with E-state index in [0.717, 1.165) is 17.5 Å². The summed E-state index contributed by atoms with van der Waals surface area (Å²) in [5.74, 6) is 6.05. The van der Waals surface area contributed by atoms with Crippen molar-refractivity contribution < 1.29 is 9.90 Å². The van der Waals surface area contributed by atoms with Crippen LogP contribution in [0.25, 0.3) is 11.1 Å². The lowest BCUT2D eigenvalue weighted by Gasteiger charge is -2.08. The molecule has 0 aliphatic rings. The highest BCUT2D eigenvalue weighted by Crippen LogP contribution is 2.24. The number of rotatable bonds is 8. The second-order valence-electron chi connectivity index (χ2n) is 7.84. The highest BCUT2D eigenvalue weighted by molar-refractivity contribution is 5.95. The summed E-state index contributed by atoms with van der Waals surface area (Å²) in [6.07, 6.45) is 1.30. The van der Waals surface area contributed by atoms with Gasteiger partial charge in [-0.05, 0) is 42.0 Å². The van der Waals surface area contributed by atoms with E-state index in [1.54, 1.807) is 29.7 Å². The first-order valence-electron chi connectivity index (χ1n) is 10.4. The SMILES string of the molecule is CC#CCc1nn(CCC(C)C)c(=O)n1Cc1ccc(-c2ccccc2C(=O)O)cc1. The van der Waals surface area contributed by atoms with Gasteiger partial charge < -0.3 is 5.11 Å². The predicted octanol–water partition coefficient (Wildman–Crippen LogP) is 4.07. The quantitative estimate of drug-likeness (QED) is 0.561. The van der Waals surface area contributed by atoms with Crippen molar-refractivity contribution in [2.75, 3.05) is 0 Å². The average Bonchev–Trinajstić information content (AvgIpc) is 3.06. The van der Waals surface area contributed by atoms with Gasteiger partial charge in [0.15, 0.2) is 0 Å². The van der Waals surface area contributed by atoms with Crippen molar-refractivity contribution in [3.63, 3.8) is 0 Å². The summed E-state index contributed by atoms with van der Waals surface area (Å²) >= 11 is 0. The van der Waals surface area contributed by atoms with Crippen LogP contribution in [-0.2, 0) is 19.5 Å². The molecule has 0 amide bonds. The molecule has 0 aliphatic heterocycles. The molecule has 160 valence electrons. The fourth-order valence-corrected chi connectivity index (χ4v) is 3.36. The molecule has 1 N–H and O–H groups in total. The van der Waals surface area contributed by atoms with Gasteiger partial charge >= 0.3 is 11.7 Å². The minimum Gasteiger partial charge on any atom is -0.478 e. The maximum Gasteiger partial charge on any atom is 0.346 e. The molecular weight excluding hydrogens is 390 g/mol. The van der Waals surface area contributed by atoms with Crippen molar-refractivity contribution >= 4 is 5.97 Å². The first-order chi connectivity index (χ1) is 14.9. The minimum atomic E-state index is -0.957. The number of nitrogens with zero attached hydrogens (tertiary/aromatic N) is 3. The Bertz CT molecular complexity index is 1180. The van der Waals surface area contributed by atoms with Gasteiger partial charge in [-0.15, -0.1) is 5.92 Å². The third-order valence-electron chi connectivity index (χ3n) is 5.10. The summed E-state index contributed by atoms with van der Waals surface area (Å²) in [5.41, 5.74) is 2.55. The van der Waals surface area contributed by atoms with Crippen LogP contribution >= 0.6 is 0 Å². The van der Waals surface area contributed by atoms with Crippen molar-refractivity contribution in [3.8, 4) is 23.0 Å². The smallest absolute Gasteiger partial charge is 0.346 e. The zero-order valence-electron chi connectivity index (χ0n) is 18.1. The zero-order chi connectivity index (χ0) is 22.4. The molecule has 0 saturated heterocycles. The molecule has 2 aromatic carbocycles. The first kappa shape index (κ1) is 22.1.